The van der Waals surface area contributed by atoms with Crippen molar-refractivity contribution in [1.82, 2.24) is 0 Å². The van der Waals surface area contributed by atoms with E-state index in [0.29, 0.717) is 10.9 Å². The maximum absolute atomic E-state index is 12.2. The van der Waals surface area contributed by atoms with E-state index in [9.17, 15) is 9.90 Å². The number of esters is 1. The molecule has 1 heterocycles. The minimum atomic E-state index is -1.06. The molecule has 0 aliphatic carbocycles. The molecule has 1 saturated heterocycles. The monoisotopic (exact) mass is 374 g/mol. The van der Waals surface area contributed by atoms with Crippen molar-refractivity contribution in [3.05, 3.63) is 35.9 Å². The third-order valence-corrected chi connectivity index (χ3v) is 4.16. The minimum Gasteiger partial charge on any atom is -0.453 e. The summed E-state index contributed by atoms with van der Waals surface area (Å²) < 4.78 is 21.5. The highest BCUT2D eigenvalue weighted by molar-refractivity contribution is 9.09. The molecule has 1 fully saturated rings. The van der Waals surface area contributed by atoms with Gasteiger partial charge in [0.25, 0.3) is 0 Å². The summed E-state index contributed by atoms with van der Waals surface area (Å²) in [6.45, 7) is 0. The van der Waals surface area contributed by atoms with Gasteiger partial charge in [-0.2, -0.15) is 0 Å². The van der Waals surface area contributed by atoms with Crippen LogP contribution in [-0.4, -0.2) is 61.3 Å². The van der Waals surface area contributed by atoms with Crippen molar-refractivity contribution >= 4 is 21.9 Å². The Balaban J connectivity index is 2.17. The van der Waals surface area contributed by atoms with E-state index in [1.54, 1.807) is 24.3 Å². The quantitative estimate of drug-likeness (QED) is 0.619. The van der Waals surface area contributed by atoms with Crippen LogP contribution >= 0.6 is 15.9 Å². The van der Waals surface area contributed by atoms with Gasteiger partial charge in [-0.1, -0.05) is 34.1 Å². The molecule has 5 atom stereocenters. The Morgan fingerprint density at radius 1 is 1.23 bits per heavy atom. The number of hydrogen-bond donors (Lipinski definition) is 1. The van der Waals surface area contributed by atoms with Gasteiger partial charge in [-0.15, -0.1) is 0 Å². The van der Waals surface area contributed by atoms with E-state index < -0.39 is 36.7 Å². The summed E-state index contributed by atoms with van der Waals surface area (Å²) in [4.78, 5) is 12.2. The number of aliphatic hydroxyl groups is 1. The zero-order chi connectivity index (χ0) is 16.1. The van der Waals surface area contributed by atoms with Gasteiger partial charge in [0.05, 0.1) is 5.56 Å². The highest BCUT2D eigenvalue weighted by Gasteiger charge is 2.47. The van der Waals surface area contributed by atoms with Crippen LogP contribution in [0.1, 0.15) is 10.4 Å². The van der Waals surface area contributed by atoms with E-state index in [2.05, 4.69) is 15.9 Å². The van der Waals surface area contributed by atoms with Crippen LogP contribution in [0, 0.1) is 0 Å². The van der Waals surface area contributed by atoms with E-state index in [0.717, 1.165) is 0 Å². The fourth-order valence-electron chi connectivity index (χ4n) is 2.39. The van der Waals surface area contributed by atoms with Gasteiger partial charge in [-0.05, 0) is 12.1 Å². The van der Waals surface area contributed by atoms with Gasteiger partial charge in [0, 0.05) is 19.5 Å². The van der Waals surface area contributed by atoms with Crippen molar-refractivity contribution in [3.8, 4) is 0 Å². The fraction of sp³-hybridized carbons (Fsp3) is 0.533. The average molecular weight is 375 g/mol. The summed E-state index contributed by atoms with van der Waals surface area (Å²) in [6, 6.07) is 8.63. The van der Waals surface area contributed by atoms with Crippen molar-refractivity contribution in [2.24, 2.45) is 0 Å². The number of carbonyl (C=O) groups is 1. The predicted molar refractivity (Wildman–Crippen MR) is 81.9 cm³/mol. The number of carbonyl (C=O) groups excluding carboxylic acids is 1. The second kappa shape index (κ2) is 8.03. The molecule has 7 heteroatoms. The lowest BCUT2D eigenvalue weighted by Crippen LogP contribution is -2.60. The average Bonchev–Trinajstić information content (AvgIpc) is 2.56. The van der Waals surface area contributed by atoms with E-state index in [1.807, 2.05) is 6.07 Å². The molecule has 0 spiro atoms. The van der Waals surface area contributed by atoms with Gasteiger partial charge in [0.1, 0.15) is 18.3 Å². The van der Waals surface area contributed by atoms with E-state index in [4.69, 9.17) is 18.9 Å². The summed E-state index contributed by atoms with van der Waals surface area (Å²) in [5.41, 5.74) is 0.425. The molecule has 1 N–H and O–H groups in total. The van der Waals surface area contributed by atoms with Gasteiger partial charge < -0.3 is 24.1 Å². The smallest absolute Gasteiger partial charge is 0.338 e. The molecule has 1 aliphatic rings. The molecule has 1 aliphatic heterocycles. The molecule has 0 radical (unpaired) electrons. The molecular weight excluding hydrogens is 356 g/mol. The van der Waals surface area contributed by atoms with Gasteiger partial charge in [-0.3, -0.25) is 0 Å². The molecular formula is C15H19BrO6. The van der Waals surface area contributed by atoms with Gasteiger partial charge in [0.2, 0.25) is 0 Å². The van der Waals surface area contributed by atoms with Crippen LogP contribution in [0.25, 0.3) is 0 Å². The highest BCUT2D eigenvalue weighted by atomic mass is 79.9. The molecule has 0 amide bonds. The first-order valence-corrected chi connectivity index (χ1v) is 7.95. The number of rotatable bonds is 5. The van der Waals surface area contributed by atoms with Crippen LogP contribution in [0.15, 0.2) is 30.3 Å². The summed E-state index contributed by atoms with van der Waals surface area (Å²) in [7, 11) is 2.88. The van der Waals surface area contributed by atoms with Gasteiger partial charge in [-0.25, -0.2) is 4.79 Å². The number of methoxy groups -OCH3 is 2. The first kappa shape index (κ1) is 17.4. The van der Waals surface area contributed by atoms with Gasteiger partial charge >= 0.3 is 5.97 Å². The second-order valence-corrected chi connectivity index (χ2v) is 5.51. The van der Waals surface area contributed by atoms with Crippen LogP contribution < -0.4 is 0 Å². The maximum atomic E-state index is 12.2. The Morgan fingerprint density at radius 3 is 2.45 bits per heavy atom. The fourth-order valence-corrected chi connectivity index (χ4v) is 2.91. The number of alkyl halides is 1. The molecule has 0 bridgehead atoms. The predicted octanol–water partition coefficient (Wildman–Crippen LogP) is 1.35. The number of halogens is 1. The van der Waals surface area contributed by atoms with Crippen molar-refractivity contribution < 1.29 is 28.8 Å². The Bertz CT molecular complexity index is 482. The zero-order valence-corrected chi connectivity index (χ0v) is 13.9. The lowest BCUT2D eigenvalue weighted by molar-refractivity contribution is -0.288. The van der Waals surface area contributed by atoms with E-state index >= 15 is 0 Å². The second-order valence-electron chi connectivity index (χ2n) is 4.86. The number of ether oxygens (including phenoxy) is 4. The standard InChI is InChI=1S/C15H19BrO6/c1-19-13-11(17)15(20-2)21-10(8-16)12(13)22-14(18)9-6-4-3-5-7-9/h3-7,10-13,15,17H,8H2,1-2H3/t10-,11+,12-,13+,15+/m1/s1. The first-order chi connectivity index (χ1) is 10.6. The van der Waals surface area contributed by atoms with Crippen molar-refractivity contribution in [2.75, 3.05) is 19.5 Å². The highest BCUT2D eigenvalue weighted by Crippen LogP contribution is 2.27. The largest absolute Gasteiger partial charge is 0.453 e. The molecule has 2 rings (SSSR count). The first-order valence-electron chi connectivity index (χ1n) is 6.83. The number of hydrogen-bond acceptors (Lipinski definition) is 6. The molecule has 6 nitrogen and oxygen atoms in total. The Hall–Kier alpha value is -0.990. The van der Waals surface area contributed by atoms with Crippen molar-refractivity contribution in [3.63, 3.8) is 0 Å². The normalized spacial score (nSPS) is 31.7. The van der Waals surface area contributed by atoms with Crippen molar-refractivity contribution in [1.29, 1.82) is 0 Å². The summed E-state index contributed by atoms with van der Waals surface area (Å²) in [5.74, 6) is -0.495. The Labute approximate surface area is 137 Å². The molecule has 0 saturated carbocycles. The molecule has 0 unspecified atom stereocenters. The van der Waals surface area contributed by atoms with Crippen LogP contribution in [0.5, 0.6) is 0 Å². The molecule has 122 valence electrons. The van der Waals surface area contributed by atoms with Crippen LogP contribution in [0.4, 0.5) is 0 Å². The third kappa shape index (κ3) is 3.67. The summed E-state index contributed by atoms with van der Waals surface area (Å²) in [5, 5.41) is 10.6. The van der Waals surface area contributed by atoms with Crippen LogP contribution in [0.2, 0.25) is 0 Å². The Kier molecular flexibility index (Phi) is 6.34. The number of aliphatic hydroxyl groups excluding tert-OH is 1. The Morgan fingerprint density at radius 2 is 1.91 bits per heavy atom. The van der Waals surface area contributed by atoms with Crippen molar-refractivity contribution in [2.45, 2.75) is 30.7 Å². The van der Waals surface area contributed by atoms with E-state index in [-0.39, 0.29) is 0 Å². The molecule has 22 heavy (non-hydrogen) atoms. The molecule has 1 aromatic rings. The molecule has 0 aromatic heterocycles. The zero-order valence-electron chi connectivity index (χ0n) is 12.3. The summed E-state index contributed by atoms with van der Waals surface area (Å²) in [6.07, 6.45) is -3.88. The van der Waals surface area contributed by atoms with E-state index in [1.165, 1.54) is 14.2 Å². The molecule has 1 aromatic carbocycles. The third-order valence-electron chi connectivity index (χ3n) is 3.52. The number of benzene rings is 1. The lowest BCUT2D eigenvalue weighted by Gasteiger charge is -2.42. The summed E-state index contributed by atoms with van der Waals surface area (Å²) >= 11 is 3.32. The lowest BCUT2D eigenvalue weighted by atomic mass is 9.99. The SMILES string of the molecule is CO[C@H]1O[C@H](CBr)[C@@H](OC(=O)c2ccccc2)[C@@H](OC)[C@@H]1O. The van der Waals surface area contributed by atoms with Crippen LogP contribution in [0.3, 0.4) is 0 Å². The van der Waals surface area contributed by atoms with Crippen LogP contribution in [-0.2, 0) is 18.9 Å². The minimum absolute atomic E-state index is 0.409. The maximum Gasteiger partial charge on any atom is 0.338 e. The van der Waals surface area contributed by atoms with Gasteiger partial charge in [0.15, 0.2) is 12.4 Å². The topological polar surface area (TPSA) is 74.2 Å².